The first kappa shape index (κ1) is 13.4. The number of nitrogens with zero attached hydrogens (tertiary/aromatic N) is 2. The van der Waals surface area contributed by atoms with Crippen LogP contribution in [0.4, 0.5) is 5.82 Å². The molecule has 2 heterocycles. The highest BCUT2D eigenvalue weighted by Crippen LogP contribution is 2.20. The molecule has 5 nitrogen and oxygen atoms in total. The molecule has 1 aliphatic heterocycles. The topological polar surface area (TPSA) is 54.5 Å². The maximum absolute atomic E-state index is 11.9. The normalized spacial score (nSPS) is 26.4. The summed E-state index contributed by atoms with van der Waals surface area (Å²) in [5, 5.41) is 2.97. The summed E-state index contributed by atoms with van der Waals surface area (Å²) in [7, 11) is 0. The van der Waals surface area contributed by atoms with Crippen LogP contribution < -0.4 is 10.2 Å². The molecule has 1 aliphatic carbocycles. The van der Waals surface area contributed by atoms with Gasteiger partial charge in [-0.1, -0.05) is 0 Å². The number of carbonyl (C=O) groups is 1. The first-order valence-electron chi connectivity index (χ1n) is 7.29. The van der Waals surface area contributed by atoms with E-state index in [-0.39, 0.29) is 18.1 Å². The van der Waals surface area contributed by atoms with Crippen LogP contribution in [-0.2, 0) is 4.74 Å². The standard InChI is InChI=1S/C15H21N3O2/c1-10-8-18(9-11(2)20-10)14-6-3-12(7-16-14)15(19)17-13-4-5-13/h3,6-7,10-11,13H,4-5,8-9H2,1-2H3,(H,17,19). The molecule has 2 aliphatic rings. The zero-order valence-electron chi connectivity index (χ0n) is 12.0. The van der Waals surface area contributed by atoms with Crippen molar-refractivity contribution >= 4 is 11.7 Å². The molecule has 3 rings (SSSR count). The summed E-state index contributed by atoms with van der Waals surface area (Å²) >= 11 is 0. The highest BCUT2D eigenvalue weighted by Gasteiger charge is 2.25. The van der Waals surface area contributed by atoms with Crippen LogP contribution in [0.5, 0.6) is 0 Å². The van der Waals surface area contributed by atoms with Crippen LogP contribution in [0.1, 0.15) is 37.0 Å². The number of nitrogens with one attached hydrogen (secondary N) is 1. The van der Waals surface area contributed by atoms with Gasteiger partial charge in [0.1, 0.15) is 5.82 Å². The molecular weight excluding hydrogens is 254 g/mol. The van der Waals surface area contributed by atoms with Crippen molar-refractivity contribution in [2.75, 3.05) is 18.0 Å². The fourth-order valence-corrected chi connectivity index (χ4v) is 2.57. The minimum Gasteiger partial charge on any atom is -0.372 e. The third kappa shape index (κ3) is 3.10. The van der Waals surface area contributed by atoms with Crippen LogP contribution in [0.15, 0.2) is 18.3 Å². The Morgan fingerprint density at radius 1 is 1.30 bits per heavy atom. The average molecular weight is 275 g/mol. The molecule has 0 spiro atoms. The van der Waals surface area contributed by atoms with Gasteiger partial charge in [-0.15, -0.1) is 0 Å². The number of ether oxygens (including phenoxy) is 1. The van der Waals surface area contributed by atoms with Crippen molar-refractivity contribution < 1.29 is 9.53 Å². The summed E-state index contributed by atoms with van der Waals surface area (Å²) in [6.45, 7) is 5.82. The van der Waals surface area contributed by atoms with Crippen LogP contribution in [0, 0.1) is 0 Å². The molecule has 0 bridgehead atoms. The number of rotatable bonds is 3. The molecular formula is C15H21N3O2. The highest BCUT2D eigenvalue weighted by atomic mass is 16.5. The molecule has 2 atom stereocenters. The number of carbonyl (C=O) groups excluding carboxylic acids is 1. The quantitative estimate of drug-likeness (QED) is 0.910. The second-order valence-corrected chi connectivity index (χ2v) is 5.82. The highest BCUT2D eigenvalue weighted by molar-refractivity contribution is 5.94. The summed E-state index contributed by atoms with van der Waals surface area (Å²) in [5.41, 5.74) is 0.634. The molecule has 0 radical (unpaired) electrons. The van der Waals surface area contributed by atoms with Gasteiger partial charge in [-0.25, -0.2) is 4.98 Å². The minimum atomic E-state index is -0.0183. The van der Waals surface area contributed by atoms with Gasteiger partial charge in [0.15, 0.2) is 0 Å². The van der Waals surface area contributed by atoms with E-state index in [0.717, 1.165) is 31.7 Å². The number of hydrogen-bond donors (Lipinski definition) is 1. The smallest absolute Gasteiger partial charge is 0.253 e. The van der Waals surface area contributed by atoms with E-state index in [4.69, 9.17) is 4.74 Å². The van der Waals surface area contributed by atoms with Gasteiger partial charge in [-0.2, -0.15) is 0 Å². The second-order valence-electron chi connectivity index (χ2n) is 5.82. The van der Waals surface area contributed by atoms with E-state index in [1.54, 1.807) is 6.20 Å². The first-order chi connectivity index (χ1) is 9.61. The Bertz CT molecular complexity index is 474. The minimum absolute atomic E-state index is 0.0183. The van der Waals surface area contributed by atoms with E-state index >= 15 is 0 Å². The lowest BCUT2D eigenvalue weighted by Gasteiger charge is -2.36. The summed E-state index contributed by atoms with van der Waals surface area (Å²) in [6, 6.07) is 4.15. The maximum Gasteiger partial charge on any atom is 0.253 e. The third-order valence-electron chi connectivity index (χ3n) is 3.67. The average Bonchev–Trinajstić information content (AvgIpc) is 3.22. The fourth-order valence-electron chi connectivity index (χ4n) is 2.57. The van der Waals surface area contributed by atoms with E-state index in [1.807, 2.05) is 12.1 Å². The predicted octanol–water partition coefficient (Wildman–Crippen LogP) is 1.59. The lowest BCUT2D eigenvalue weighted by atomic mass is 10.2. The number of aromatic nitrogens is 1. The third-order valence-corrected chi connectivity index (χ3v) is 3.67. The van der Waals surface area contributed by atoms with Crippen molar-refractivity contribution in [3.63, 3.8) is 0 Å². The molecule has 1 N–H and O–H groups in total. The van der Waals surface area contributed by atoms with Crippen LogP contribution in [0.2, 0.25) is 0 Å². The van der Waals surface area contributed by atoms with Crippen molar-refractivity contribution in [2.24, 2.45) is 0 Å². The van der Waals surface area contributed by atoms with Crippen LogP contribution >= 0.6 is 0 Å². The monoisotopic (exact) mass is 275 g/mol. The zero-order valence-corrected chi connectivity index (χ0v) is 12.0. The molecule has 108 valence electrons. The molecule has 0 aromatic carbocycles. The van der Waals surface area contributed by atoms with Gasteiger partial charge in [0.25, 0.3) is 5.91 Å². The summed E-state index contributed by atoms with van der Waals surface area (Å²) < 4.78 is 5.72. The number of morpholine rings is 1. The van der Waals surface area contributed by atoms with Gasteiger partial charge in [0, 0.05) is 25.3 Å². The van der Waals surface area contributed by atoms with Crippen molar-refractivity contribution in [1.82, 2.24) is 10.3 Å². The Balaban J connectivity index is 1.67. The molecule has 20 heavy (non-hydrogen) atoms. The molecule has 5 heteroatoms. The molecule has 1 amide bonds. The Hall–Kier alpha value is -1.62. The van der Waals surface area contributed by atoms with Crippen molar-refractivity contribution in [3.05, 3.63) is 23.9 Å². The second kappa shape index (κ2) is 5.40. The molecule has 1 saturated heterocycles. The van der Waals surface area contributed by atoms with E-state index < -0.39 is 0 Å². The van der Waals surface area contributed by atoms with Crippen LogP contribution in [0.25, 0.3) is 0 Å². The van der Waals surface area contributed by atoms with Crippen LogP contribution in [-0.4, -0.2) is 42.2 Å². The van der Waals surface area contributed by atoms with Gasteiger partial charge in [-0.05, 0) is 38.8 Å². The van der Waals surface area contributed by atoms with Gasteiger partial charge in [-0.3, -0.25) is 4.79 Å². The lowest BCUT2D eigenvalue weighted by molar-refractivity contribution is -0.00546. The zero-order chi connectivity index (χ0) is 14.1. The van der Waals surface area contributed by atoms with Crippen molar-refractivity contribution in [1.29, 1.82) is 0 Å². The van der Waals surface area contributed by atoms with Crippen molar-refractivity contribution in [3.8, 4) is 0 Å². The molecule has 1 aromatic rings. The Morgan fingerprint density at radius 3 is 2.55 bits per heavy atom. The van der Waals surface area contributed by atoms with E-state index in [1.165, 1.54) is 0 Å². The molecule has 1 aromatic heterocycles. The Morgan fingerprint density at radius 2 is 2.00 bits per heavy atom. The lowest BCUT2D eigenvalue weighted by Crippen LogP contribution is -2.45. The Kier molecular flexibility index (Phi) is 3.61. The van der Waals surface area contributed by atoms with Gasteiger partial charge in [0.2, 0.25) is 0 Å². The molecule has 2 fully saturated rings. The van der Waals surface area contributed by atoms with Gasteiger partial charge in [0.05, 0.1) is 17.8 Å². The Labute approximate surface area is 119 Å². The van der Waals surface area contributed by atoms with Gasteiger partial charge >= 0.3 is 0 Å². The number of hydrogen-bond acceptors (Lipinski definition) is 4. The summed E-state index contributed by atoms with van der Waals surface area (Å²) in [5.74, 6) is 0.894. The fraction of sp³-hybridized carbons (Fsp3) is 0.600. The summed E-state index contributed by atoms with van der Waals surface area (Å²) in [6.07, 6.45) is 4.27. The molecule has 2 unspecified atom stereocenters. The number of pyridine rings is 1. The van der Waals surface area contributed by atoms with E-state index in [0.29, 0.717) is 11.6 Å². The van der Waals surface area contributed by atoms with E-state index in [2.05, 4.69) is 29.0 Å². The number of anilines is 1. The largest absolute Gasteiger partial charge is 0.372 e. The van der Waals surface area contributed by atoms with E-state index in [9.17, 15) is 4.79 Å². The number of amides is 1. The SMILES string of the molecule is CC1CN(c2ccc(C(=O)NC3CC3)cn2)CC(C)O1. The van der Waals surface area contributed by atoms with Crippen LogP contribution in [0.3, 0.4) is 0 Å². The first-order valence-corrected chi connectivity index (χ1v) is 7.29. The molecule has 1 saturated carbocycles. The maximum atomic E-state index is 11.9. The van der Waals surface area contributed by atoms with Gasteiger partial charge < -0.3 is 15.0 Å². The van der Waals surface area contributed by atoms with Crippen molar-refractivity contribution in [2.45, 2.75) is 44.9 Å². The predicted molar refractivity (Wildman–Crippen MR) is 76.9 cm³/mol. The summed E-state index contributed by atoms with van der Waals surface area (Å²) in [4.78, 5) is 18.5.